The number of anilines is 3. The first kappa shape index (κ1) is 16.8. The van der Waals surface area contributed by atoms with Crippen LogP contribution in [0, 0.1) is 0 Å². The fraction of sp³-hybridized carbons (Fsp3) is 0.333. The van der Waals surface area contributed by atoms with Crippen LogP contribution in [0.25, 0.3) is 0 Å². The standard InChI is InChI=1S/C18H24N4O/c1-18(2,3)21-15-10-13(11-19-12-15)17(23)20-14-6-8-16(9-7-14)22(4)5/h6-12,21H,1-5H3,(H,20,23). The lowest BCUT2D eigenvalue weighted by Crippen LogP contribution is -2.26. The lowest BCUT2D eigenvalue weighted by molar-refractivity contribution is 0.102. The number of hydrogen-bond donors (Lipinski definition) is 2. The average molecular weight is 312 g/mol. The second-order valence-corrected chi connectivity index (χ2v) is 6.73. The van der Waals surface area contributed by atoms with Crippen LogP contribution in [-0.4, -0.2) is 30.5 Å². The number of carbonyl (C=O) groups is 1. The minimum atomic E-state index is -0.173. The number of hydrogen-bond acceptors (Lipinski definition) is 4. The van der Waals surface area contributed by atoms with E-state index in [1.165, 1.54) is 0 Å². The molecule has 0 aliphatic carbocycles. The van der Waals surface area contributed by atoms with Gasteiger partial charge in [-0.15, -0.1) is 0 Å². The van der Waals surface area contributed by atoms with Crippen LogP contribution in [0.1, 0.15) is 31.1 Å². The Bertz CT molecular complexity index is 672. The van der Waals surface area contributed by atoms with E-state index in [4.69, 9.17) is 0 Å². The lowest BCUT2D eigenvalue weighted by atomic mass is 10.1. The molecule has 0 bridgehead atoms. The summed E-state index contributed by atoms with van der Waals surface area (Å²) in [7, 11) is 3.96. The summed E-state index contributed by atoms with van der Waals surface area (Å²) in [5, 5.41) is 6.20. The molecule has 2 N–H and O–H groups in total. The van der Waals surface area contributed by atoms with E-state index in [9.17, 15) is 4.79 Å². The Morgan fingerprint density at radius 3 is 2.26 bits per heavy atom. The van der Waals surface area contributed by atoms with Gasteiger partial charge in [-0.3, -0.25) is 9.78 Å². The van der Waals surface area contributed by atoms with E-state index in [1.807, 2.05) is 49.3 Å². The van der Waals surface area contributed by atoms with Gasteiger partial charge in [0.05, 0.1) is 11.3 Å². The van der Waals surface area contributed by atoms with Gasteiger partial charge in [0, 0.05) is 43.4 Å². The van der Waals surface area contributed by atoms with Crippen LogP contribution in [0.5, 0.6) is 0 Å². The highest BCUT2D eigenvalue weighted by Crippen LogP contribution is 2.18. The summed E-state index contributed by atoms with van der Waals surface area (Å²) in [5.41, 5.74) is 3.11. The van der Waals surface area contributed by atoms with Gasteiger partial charge in [-0.1, -0.05) is 0 Å². The molecule has 0 saturated carbocycles. The van der Waals surface area contributed by atoms with E-state index < -0.39 is 0 Å². The number of pyridine rings is 1. The van der Waals surface area contributed by atoms with E-state index in [0.717, 1.165) is 17.1 Å². The Morgan fingerprint density at radius 1 is 1.04 bits per heavy atom. The summed E-state index contributed by atoms with van der Waals surface area (Å²) in [4.78, 5) is 18.5. The monoisotopic (exact) mass is 312 g/mol. The molecule has 1 heterocycles. The van der Waals surface area contributed by atoms with Gasteiger partial charge >= 0.3 is 0 Å². The molecule has 2 aromatic rings. The summed E-state index contributed by atoms with van der Waals surface area (Å²) >= 11 is 0. The summed E-state index contributed by atoms with van der Waals surface area (Å²) in [6.07, 6.45) is 3.28. The Balaban J connectivity index is 2.10. The van der Waals surface area contributed by atoms with Crippen molar-refractivity contribution >= 4 is 23.0 Å². The van der Waals surface area contributed by atoms with Crippen LogP contribution in [-0.2, 0) is 0 Å². The highest BCUT2D eigenvalue weighted by atomic mass is 16.1. The molecule has 0 unspecified atom stereocenters. The fourth-order valence-electron chi connectivity index (χ4n) is 2.11. The molecule has 0 atom stereocenters. The fourth-order valence-corrected chi connectivity index (χ4v) is 2.11. The first-order valence-electron chi connectivity index (χ1n) is 7.56. The van der Waals surface area contributed by atoms with Crippen molar-refractivity contribution in [2.24, 2.45) is 0 Å². The minimum absolute atomic E-state index is 0.0845. The van der Waals surface area contributed by atoms with E-state index in [0.29, 0.717) is 5.56 Å². The molecular weight excluding hydrogens is 288 g/mol. The van der Waals surface area contributed by atoms with Crippen LogP contribution in [0.15, 0.2) is 42.7 Å². The van der Waals surface area contributed by atoms with Crippen LogP contribution in [0.2, 0.25) is 0 Å². The minimum Gasteiger partial charge on any atom is -0.379 e. The molecule has 0 aliphatic rings. The summed E-state index contributed by atoms with van der Waals surface area (Å²) in [5.74, 6) is -0.173. The maximum absolute atomic E-state index is 12.4. The zero-order valence-electron chi connectivity index (χ0n) is 14.3. The van der Waals surface area contributed by atoms with Gasteiger partial charge in [0.15, 0.2) is 0 Å². The van der Waals surface area contributed by atoms with E-state index in [-0.39, 0.29) is 11.4 Å². The van der Waals surface area contributed by atoms with Gasteiger partial charge in [0.1, 0.15) is 0 Å². The molecule has 5 heteroatoms. The third-order valence-electron chi connectivity index (χ3n) is 3.16. The molecule has 23 heavy (non-hydrogen) atoms. The number of aromatic nitrogens is 1. The molecule has 5 nitrogen and oxygen atoms in total. The Kier molecular flexibility index (Phi) is 4.89. The SMILES string of the molecule is CN(C)c1ccc(NC(=O)c2cncc(NC(C)(C)C)c2)cc1. The molecule has 1 amide bonds. The lowest BCUT2D eigenvalue weighted by Gasteiger charge is -2.22. The van der Waals surface area contributed by atoms with Gasteiger partial charge in [-0.2, -0.15) is 0 Å². The van der Waals surface area contributed by atoms with Gasteiger partial charge in [0.2, 0.25) is 0 Å². The molecule has 2 rings (SSSR count). The van der Waals surface area contributed by atoms with Crippen molar-refractivity contribution in [1.82, 2.24) is 4.98 Å². The van der Waals surface area contributed by atoms with Crippen molar-refractivity contribution in [2.45, 2.75) is 26.3 Å². The molecule has 0 saturated heterocycles. The van der Waals surface area contributed by atoms with Crippen molar-refractivity contribution in [3.8, 4) is 0 Å². The highest BCUT2D eigenvalue weighted by molar-refractivity contribution is 6.04. The van der Waals surface area contributed by atoms with Crippen LogP contribution < -0.4 is 15.5 Å². The summed E-state index contributed by atoms with van der Waals surface area (Å²) < 4.78 is 0. The Morgan fingerprint density at radius 2 is 1.70 bits per heavy atom. The first-order valence-corrected chi connectivity index (χ1v) is 7.56. The number of rotatable bonds is 4. The van der Waals surface area contributed by atoms with Crippen molar-refractivity contribution in [1.29, 1.82) is 0 Å². The maximum atomic E-state index is 12.4. The highest BCUT2D eigenvalue weighted by Gasteiger charge is 2.12. The summed E-state index contributed by atoms with van der Waals surface area (Å²) in [6, 6.07) is 9.51. The van der Waals surface area contributed by atoms with Gasteiger partial charge in [-0.05, 0) is 51.1 Å². The molecule has 0 spiro atoms. The molecule has 1 aromatic heterocycles. The molecule has 0 fully saturated rings. The first-order chi connectivity index (χ1) is 10.7. The zero-order valence-corrected chi connectivity index (χ0v) is 14.3. The van der Waals surface area contributed by atoms with Gasteiger partial charge in [0.25, 0.3) is 5.91 Å². The third kappa shape index (κ3) is 4.98. The molecule has 122 valence electrons. The number of carbonyl (C=O) groups excluding carboxylic acids is 1. The maximum Gasteiger partial charge on any atom is 0.257 e. The molecule has 0 radical (unpaired) electrons. The molecule has 1 aromatic carbocycles. The second-order valence-electron chi connectivity index (χ2n) is 6.73. The number of nitrogens with one attached hydrogen (secondary N) is 2. The molecular formula is C18H24N4O. The Labute approximate surface area is 137 Å². The molecule has 0 aliphatic heterocycles. The quantitative estimate of drug-likeness (QED) is 0.905. The van der Waals surface area contributed by atoms with Crippen LogP contribution in [0.4, 0.5) is 17.1 Å². The van der Waals surface area contributed by atoms with Crippen LogP contribution in [0.3, 0.4) is 0 Å². The van der Waals surface area contributed by atoms with Gasteiger partial charge in [-0.25, -0.2) is 0 Å². The average Bonchev–Trinajstić information content (AvgIpc) is 2.46. The van der Waals surface area contributed by atoms with Crippen molar-refractivity contribution in [2.75, 3.05) is 29.6 Å². The van der Waals surface area contributed by atoms with E-state index >= 15 is 0 Å². The zero-order chi connectivity index (χ0) is 17.0. The van der Waals surface area contributed by atoms with E-state index in [1.54, 1.807) is 12.4 Å². The predicted octanol–water partition coefficient (Wildman–Crippen LogP) is 3.61. The number of amides is 1. The van der Waals surface area contributed by atoms with Crippen molar-refractivity contribution in [3.63, 3.8) is 0 Å². The Hall–Kier alpha value is -2.56. The normalized spacial score (nSPS) is 11.0. The smallest absolute Gasteiger partial charge is 0.257 e. The van der Waals surface area contributed by atoms with Crippen LogP contribution >= 0.6 is 0 Å². The predicted molar refractivity (Wildman–Crippen MR) is 96.3 cm³/mol. The second kappa shape index (κ2) is 6.69. The van der Waals surface area contributed by atoms with Gasteiger partial charge < -0.3 is 15.5 Å². The third-order valence-corrected chi connectivity index (χ3v) is 3.16. The van der Waals surface area contributed by atoms with Crippen molar-refractivity contribution in [3.05, 3.63) is 48.3 Å². The largest absolute Gasteiger partial charge is 0.379 e. The topological polar surface area (TPSA) is 57.3 Å². The number of benzene rings is 1. The van der Waals surface area contributed by atoms with E-state index in [2.05, 4.69) is 36.4 Å². The summed E-state index contributed by atoms with van der Waals surface area (Å²) in [6.45, 7) is 6.18. The number of nitrogens with zero attached hydrogens (tertiary/aromatic N) is 2. The van der Waals surface area contributed by atoms with Crippen molar-refractivity contribution < 1.29 is 4.79 Å².